The van der Waals surface area contributed by atoms with Gasteiger partial charge in [0.2, 0.25) is 0 Å². The molecule has 0 atom stereocenters. The van der Waals surface area contributed by atoms with E-state index in [0.717, 1.165) is 0 Å². The van der Waals surface area contributed by atoms with Crippen molar-refractivity contribution in [3.05, 3.63) is 229 Å². The molecule has 246 valence electrons. The summed E-state index contributed by atoms with van der Waals surface area (Å²) in [4.78, 5) is 2.61. The highest BCUT2D eigenvalue weighted by Gasteiger charge is 2.47. The lowest BCUT2D eigenvalue weighted by molar-refractivity contribution is 0.703. The van der Waals surface area contributed by atoms with E-state index in [2.05, 4.69) is 206 Å². The van der Waals surface area contributed by atoms with Gasteiger partial charge in [-0.1, -0.05) is 200 Å². The molecule has 8 aromatic carbocycles. The molecule has 0 spiro atoms. The van der Waals surface area contributed by atoms with Crippen molar-refractivity contribution in [2.75, 3.05) is 0 Å². The SMILES string of the molecule is c1ccc(C2(c3cccc([Si](c4ccccc4)(c4ccccc4)c4cccc5c4sc4ccccc45)c3)c3ccccc3Sc3ccccc32)cc1. The van der Waals surface area contributed by atoms with E-state index < -0.39 is 13.5 Å². The van der Waals surface area contributed by atoms with E-state index in [0.29, 0.717) is 0 Å². The van der Waals surface area contributed by atoms with Crippen molar-refractivity contribution in [3.63, 3.8) is 0 Å². The van der Waals surface area contributed by atoms with E-state index in [4.69, 9.17) is 0 Å². The van der Waals surface area contributed by atoms with Gasteiger partial charge < -0.3 is 0 Å². The number of hydrogen-bond donors (Lipinski definition) is 0. The average Bonchev–Trinajstić information content (AvgIpc) is 3.61. The second-order valence-electron chi connectivity index (χ2n) is 13.6. The fourth-order valence-corrected chi connectivity index (χ4v) is 16.6. The smallest absolute Gasteiger partial charge is 0.135 e. The second-order valence-corrected chi connectivity index (χ2v) is 19.5. The van der Waals surface area contributed by atoms with Gasteiger partial charge in [-0.3, -0.25) is 0 Å². The van der Waals surface area contributed by atoms with Crippen molar-refractivity contribution >= 4 is 72.1 Å². The quantitative estimate of drug-likeness (QED) is 0.122. The molecule has 1 aliphatic heterocycles. The zero-order valence-electron chi connectivity index (χ0n) is 28.4. The fraction of sp³-hybridized carbons (Fsp3) is 0.0204. The monoisotopic (exact) mass is 714 g/mol. The standard InChI is InChI=1S/C49H34S2Si/c1-4-18-35(19-5-1)49(42-28-11-14-31-45(42)50-46-32-15-12-29-43(46)49)36-20-16-25-39(34-36)52(37-21-6-2-7-22-37,38-23-8-3-9-24-38)47-33-17-27-41-40-26-10-13-30-44(40)51-48(41)47/h1-34H. The molecule has 2 heterocycles. The topological polar surface area (TPSA) is 0 Å². The minimum Gasteiger partial charge on any atom is -0.135 e. The van der Waals surface area contributed by atoms with Gasteiger partial charge in [-0.15, -0.1) is 11.3 Å². The Bertz CT molecular complexity index is 2630. The van der Waals surface area contributed by atoms with Gasteiger partial charge in [-0.05, 0) is 61.2 Å². The third-order valence-corrected chi connectivity index (χ3v) is 18.3. The minimum atomic E-state index is -2.93. The number of rotatable bonds is 6. The normalized spacial score (nSPS) is 13.5. The van der Waals surface area contributed by atoms with Gasteiger partial charge in [0.05, 0.1) is 5.41 Å². The third-order valence-electron chi connectivity index (χ3n) is 11.0. The Labute approximate surface area is 314 Å². The van der Waals surface area contributed by atoms with Gasteiger partial charge in [0.25, 0.3) is 0 Å². The van der Waals surface area contributed by atoms with Crippen LogP contribution in [0.5, 0.6) is 0 Å². The molecule has 1 aliphatic rings. The van der Waals surface area contributed by atoms with Crippen LogP contribution in [-0.4, -0.2) is 8.07 Å². The molecule has 0 aliphatic carbocycles. The van der Waals surface area contributed by atoms with Crippen LogP contribution >= 0.6 is 23.1 Å². The molecule has 0 unspecified atom stereocenters. The van der Waals surface area contributed by atoms with Crippen LogP contribution in [-0.2, 0) is 5.41 Å². The van der Waals surface area contributed by atoms with Gasteiger partial charge in [0.15, 0.2) is 8.07 Å². The summed E-state index contributed by atoms with van der Waals surface area (Å²) in [7, 11) is -2.93. The maximum atomic E-state index is 2.59. The van der Waals surface area contributed by atoms with E-state index in [-0.39, 0.29) is 0 Å². The van der Waals surface area contributed by atoms with Gasteiger partial charge in [-0.2, -0.15) is 0 Å². The average molecular weight is 715 g/mol. The first kappa shape index (κ1) is 31.3. The molecule has 10 rings (SSSR count). The van der Waals surface area contributed by atoms with Crippen LogP contribution < -0.4 is 20.7 Å². The Kier molecular flexibility index (Phi) is 7.61. The summed E-state index contributed by atoms with van der Waals surface area (Å²) in [6.45, 7) is 0. The maximum absolute atomic E-state index is 2.93. The van der Waals surface area contributed by atoms with Crippen molar-refractivity contribution in [2.45, 2.75) is 15.2 Å². The molecule has 52 heavy (non-hydrogen) atoms. The molecular weight excluding hydrogens is 681 g/mol. The number of fused-ring (bicyclic) bond motifs is 5. The Hall–Kier alpha value is -5.45. The molecule has 0 saturated carbocycles. The van der Waals surface area contributed by atoms with Crippen molar-refractivity contribution in [1.29, 1.82) is 0 Å². The van der Waals surface area contributed by atoms with Crippen LogP contribution in [0.1, 0.15) is 22.3 Å². The molecule has 0 saturated heterocycles. The Morgan fingerprint density at radius 2 is 0.885 bits per heavy atom. The van der Waals surface area contributed by atoms with Crippen molar-refractivity contribution in [3.8, 4) is 0 Å². The Balaban J connectivity index is 1.36. The number of hydrogen-bond acceptors (Lipinski definition) is 2. The summed E-state index contributed by atoms with van der Waals surface area (Å²) in [5, 5.41) is 8.27. The summed E-state index contributed by atoms with van der Waals surface area (Å²) >= 11 is 3.83. The molecule has 9 aromatic rings. The fourth-order valence-electron chi connectivity index (χ4n) is 8.84. The van der Waals surface area contributed by atoms with E-state index in [9.17, 15) is 0 Å². The summed E-state index contributed by atoms with van der Waals surface area (Å²) in [6.07, 6.45) is 0. The largest absolute Gasteiger partial charge is 0.181 e. The van der Waals surface area contributed by atoms with Gasteiger partial charge in [0.1, 0.15) is 0 Å². The summed E-state index contributed by atoms with van der Waals surface area (Å²) in [5.41, 5.74) is 4.74. The van der Waals surface area contributed by atoms with Crippen molar-refractivity contribution in [2.24, 2.45) is 0 Å². The summed E-state index contributed by atoms with van der Waals surface area (Å²) in [5.74, 6) is 0. The molecule has 0 N–H and O–H groups in total. The van der Waals surface area contributed by atoms with Crippen LogP contribution in [0.2, 0.25) is 0 Å². The van der Waals surface area contributed by atoms with E-state index in [1.807, 2.05) is 23.1 Å². The predicted octanol–water partition coefficient (Wildman–Crippen LogP) is 10.3. The summed E-state index contributed by atoms with van der Waals surface area (Å²) in [6, 6.07) is 77.7. The van der Waals surface area contributed by atoms with Crippen molar-refractivity contribution in [1.82, 2.24) is 0 Å². The van der Waals surface area contributed by atoms with Gasteiger partial charge in [-0.25, -0.2) is 0 Å². The predicted molar refractivity (Wildman–Crippen MR) is 225 cm³/mol. The molecule has 1 aromatic heterocycles. The number of benzene rings is 8. The van der Waals surface area contributed by atoms with Crippen LogP contribution in [0.25, 0.3) is 20.2 Å². The minimum absolute atomic E-state index is 0.507. The van der Waals surface area contributed by atoms with E-state index in [1.54, 1.807) is 0 Å². The lowest BCUT2D eigenvalue weighted by Crippen LogP contribution is -2.75. The molecule has 0 radical (unpaired) electrons. The molecule has 0 nitrogen and oxygen atoms in total. The van der Waals surface area contributed by atoms with Crippen molar-refractivity contribution < 1.29 is 0 Å². The first-order chi connectivity index (χ1) is 25.8. The second kappa shape index (κ2) is 12.6. The summed E-state index contributed by atoms with van der Waals surface area (Å²) < 4.78 is 2.72. The Morgan fingerprint density at radius 1 is 0.385 bits per heavy atom. The van der Waals surface area contributed by atoms with Crippen LogP contribution in [0.3, 0.4) is 0 Å². The maximum Gasteiger partial charge on any atom is 0.181 e. The molecular formula is C49H34S2Si. The molecule has 0 amide bonds. The highest BCUT2D eigenvalue weighted by Crippen LogP contribution is 2.55. The van der Waals surface area contributed by atoms with Crippen LogP contribution in [0.4, 0.5) is 0 Å². The van der Waals surface area contributed by atoms with Crippen LogP contribution in [0.15, 0.2) is 216 Å². The van der Waals surface area contributed by atoms with E-state index in [1.165, 1.54) is 73.0 Å². The zero-order chi connectivity index (χ0) is 34.5. The number of thiophene rings is 1. The highest BCUT2D eigenvalue weighted by molar-refractivity contribution is 7.99. The van der Waals surface area contributed by atoms with Crippen LogP contribution in [0, 0.1) is 0 Å². The molecule has 3 heteroatoms. The molecule has 0 bridgehead atoms. The molecule has 0 fully saturated rings. The highest BCUT2D eigenvalue weighted by atomic mass is 32.2. The lowest BCUT2D eigenvalue weighted by Gasteiger charge is -2.43. The first-order valence-corrected chi connectivity index (χ1v) is 21.5. The van der Waals surface area contributed by atoms with E-state index >= 15 is 0 Å². The van der Waals surface area contributed by atoms with Gasteiger partial charge in [0, 0.05) is 30.0 Å². The van der Waals surface area contributed by atoms with Gasteiger partial charge >= 0.3 is 0 Å². The third kappa shape index (κ3) is 4.60. The Morgan fingerprint density at radius 3 is 1.56 bits per heavy atom. The zero-order valence-corrected chi connectivity index (χ0v) is 31.1. The lowest BCUT2D eigenvalue weighted by atomic mass is 9.65. The first-order valence-electron chi connectivity index (χ1n) is 17.8.